The first kappa shape index (κ1) is 25.4. The molecule has 0 fully saturated rings. The third kappa shape index (κ3) is 9.17. The first-order valence-electron chi connectivity index (χ1n) is 8.69. The molecule has 0 radical (unpaired) electrons. The van der Waals surface area contributed by atoms with Crippen LogP contribution in [0.3, 0.4) is 0 Å². The summed E-state index contributed by atoms with van der Waals surface area (Å²) in [5.74, 6) is 1.05. The van der Waals surface area contributed by atoms with Crippen molar-refractivity contribution >= 4 is 41.3 Å². The van der Waals surface area contributed by atoms with Crippen LogP contribution in [0.4, 0.5) is 13.2 Å². The van der Waals surface area contributed by atoms with Gasteiger partial charge in [-0.25, -0.2) is 9.98 Å². The van der Waals surface area contributed by atoms with Crippen molar-refractivity contribution in [3.05, 3.63) is 45.9 Å². The number of rotatable bonds is 8. The van der Waals surface area contributed by atoms with E-state index in [-0.39, 0.29) is 48.7 Å². The van der Waals surface area contributed by atoms with E-state index in [0.717, 1.165) is 22.3 Å². The number of nitrogens with zero attached hydrogens (tertiary/aromatic N) is 2. The monoisotopic (exact) mass is 544 g/mol. The van der Waals surface area contributed by atoms with Gasteiger partial charge in [-0.2, -0.15) is 13.2 Å². The Bertz CT molecular complexity index is 786. The quantitative estimate of drug-likeness (QED) is 0.269. The minimum atomic E-state index is -4.46. The van der Waals surface area contributed by atoms with Crippen LogP contribution < -0.4 is 15.4 Å². The van der Waals surface area contributed by atoms with E-state index in [2.05, 4.69) is 20.6 Å². The van der Waals surface area contributed by atoms with E-state index < -0.39 is 18.0 Å². The van der Waals surface area contributed by atoms with Crippen LogP contribution in [0.5, 0.6) is 5.75 Å². The average molecular weight is 544 g/mol. The van der Waals surface area contributed by atoms with E-state index in [1.54, 1.807) is 0 Å². The van der Waals surface area contributed by atoms with E-state index in [0.29, 0.717) is 18.3 Å². The van der Waals surface area contributed by atoms with Crippen molar-refractivity contribution in [1.82, 2.24) is 15.6 Å². The van der Waals surface area contributed by atoms with Gasteiger partial charge in [0, 0.05) is 18.5 Å². The number of ether oxygens (including phenoxy) is 1. The fraction of sp³-hybridized carbons (Fsp3) is 0.444. The van der Waals surface area contributed by atoms with Gasteiger partial charge in [0.25, 0.3) is 0 Å². The lowest BCUT2D eigenvalue weighted by Crippen LogP contribution is -2.42. The van der Waals surface area contributed by atoms with E-state index >= 15 is 0 Å². The number of hydrogen-bond acceptors (Lipinski definition) is 5. The minimum Gasteiger partial charge on any atom is -0.491 e. The van der Waals surface area contributed by atoms with Gasteiger partial charge in [0.05, 0.1) is 6.54 Å². The highest BCUT2D eigenvalue weighted by molar-refractivity contribution is 14.0. The number of aryl methyl sites for hydroxylation is 1. The molecule has 1 aromatic carbocycles. The summed E-state index contributed by atoms with van der Waals surface area (Å²) < 4.78 is 43.3. The van der Waals surface area contributed by atoms with Crippen molar-refractivity contribution < 1.29 is 23.0 Å². The summed E-state index contributed by atoms with van der Waals surface area (Å²) in [7, 11) is 0. The highest BCUT2D eigenvalue weighted by Gasteiger charge is 2.33. The molecule has 1 atom stereocenters. The molecule has 0 spiro atoms. The number of halogens is 4. The lowest BCUT2D eigenvalue weighted by molar-refractivity contribution is -0.140. The van der Waals surface area contributed by atoms with Gasteiger partial charge in [-0.1, -0.05) is 12.1 Å². The highest BCUT2D eigenvalue weighted by atomic mass is 127. The van der Waals surface area contributed by atoms with Gasteiger partial charge in [0.15, 0.2) is 11.7 Å². The molecule has 0 aliphatic rings. The largest absolute Gasteiger partial charge is 0.491 e. The number of hydrogen-bond donors (Lipinski definition) is 3. The third-order valence-corrected chi connectivity index (χ3v) is 4.33. The summed E-state index contributed by atoms with van der Waals surface area (Å²) in [4.78, 5) is 7.74. The summed E-state index contributed by atoms with van der Waals surface area (Å²) >= 11 is 0.905. The van der Waals surface area contributed by atoms with E-state index in [1.807, 2.05) is 38.1 Å². The third-order valence-electron chi connectivity index (χ3n) is 3.50. The van der Waals surface area contributed by atoms with Crippen molar-refractivity contribution in [3.8, 4) is 5.75 Å². The zero-order valence-electron chi connectivity index (χ0n) is 16.0. The number of guanidine groups is 1. The van der Waals surface area contributed by atoms with Gasteiger partial charge < -0.3 is 20.5 Å². The highest BCUT2D eigenvalue weighted by Crippen LogP contribution is 2.30. The summed E-state index contributed by atoms with van der Waals surface area (Å²) in [5, 5.41) is 17.2. The van der Waals surface area contributed by atoms with Crippen molar-refractivity contribution in [2.45, 2.75) is 32.7 Å². The zero-order valence-corrected chi connectivity index (χ0v) is 19.1. The molecule has 1 unspecified atom stereocenters. The smallest absolute Gasteiger partial charge is 0.434 e. The Morgan fingerprint density at radius 1 is 1.34 bits per heavy atom. The molecule has 0 saturated heterocycles. The fourth-order valence-corrected chi connectivity index (χ4v) is 2.90. The topological polar surface area (TPSA) is 78.8 Å². The van der Waals surface area contributed by atoms with Crippen molar-refractivity contribution in [2.75, 3.05) is 19.7 Å². The Morgan fingerprint density at radius 3 is 2.72 bits per heavy atom. The number of benzene rings is 1. The standard InChI is InChI=1S/C18H23F3N4O2S.HI/c1-3-22-17(24-9-16-25-15(11-28-16)18(19,20)21)23-8-13(26)10-27-14-6-4-5-12(2)7-14;/h4-7,11,13,26H,3,8-10H2,1-2H3,(H2,22,23,24);1H. The SMILES string of the molecule is CCNC(=NCc1nc(C(F)(F)F)cs1)NCC(O)COc1cccc(C)c1.I. The fourth-order valence-electron chi connectivity index (χ4n) is 2.17. The van der Waals surface area contributed by atoms with Crippen LogP contribution in [-0.2, 0) is 12.7 Å². The van der Waals surface area contributed by atoms with Crippen molar-refractivity contribution in [2.24, 2.45) is 4.99 Å². The van der Waals surface area contributed by atoms with Crippen LogP contribution in [0.25, 0.3) is 0 Å². The lowest BCUT2D eigenvalue weighted by atomic mass is 10.2. The van der Waals surface area contributed by atoms with Crippen LogP contribution in [0.2, 0.25) is 0 Å². The molecule has 0 saturated carbocycles. The van der Waals surface area contributed by atoms with Crippen LogP contribution in [0.15, 0.2) is 34.6 Å². The molecular formula is C18H24F3IN4O2S. The minimum absolute atomic E-state index is 0. The number of aliphatic hydroxyl groups is 1. The van der Waals surface area contributed by atoms with E-state index in [1.165, 1.54) is 0 Å². The number of aromatic nitrogens is 1. The molecular weight excluding hydrogens is 520 g/mol. The van der Waals surface area contributed by atoms with Crippen LogP contribution in [-0.4, -0.2) is 41.9 Å². The second kappa shape index (κ2) is 12.2. The normalized spacial score (nSPS) is 12.8. The number of nitrogens with one attached hydrogen (secondary N) is 2. The molecule has 11 heteroatoms. The summed E-state index contributed by atoms with van der Waals surface area (Å²) in [6, 6.07) is 7.50. The molecule has 2 aromatic rings. The maximum absolute atomic E-state index is 12.6. The van der Waals surface area contributed by atoms with Gasteiger partial charge in [0.1, 0.15) is 23.5 Å². The summed E-state index contributed by atoms with van der Waals surface area (Å²) in [6.07, 6.45) is -5.25. The lowest BCUT2D eigenvalue weighted by Gasteiger charge is -2.16. The Labute approximate surface area is 188 Å². The molecule has 6 nitrogen and oxygen atoms in total. The molecule has 1 heterocycles. The molecule has 1 aromatic heterocycles. The molecule has 2 rings (SSSR count). The molecule has 0 amide bonds. The van der Waals surface area contributed by atoms with E-state index in [4.69, 9.17) is 4.74 Å². The van der Waals surface area contributed by atoms with Crippen molar-refractivity contribution in [1.29, 1.82) is 0 Å². The molecule has 0 bridgehead atoms. The maximum Gasteiger partial charge on any atom is 0.434 e. The Balaban J connectivity index is 0.00000420. The van der Waals surface area contributed by atoms with Gasteiger partial charge in [-0.05, 0) is 31.5 Å². The number of alkyl halides is 3. The first-order chi connectivity index (χ1) is 13.3. The van der Waals surface area contributed by atoms with Crippen LogP contribution in [0.1, 0.15) is 23.2 Å². The zero-order chi connectivity index (χ0) is 20.6. The van der Waals surface area contributed by atoms with Gasteiger partial charge in [0.2, 0.25) is 0 Å². The molecule has 162 valence electrons. The number of thiazole rings is 1. The second-order valence-electron chi connectivity index (χ2n) is 5.98. The average Bonchev–Trinajstić information content (AvgIpc) is 3.12. The predicted octanol–water partition coefficient (Wildman–Crippen LogP) is 3.58. The summed E-state index contributed by atoms with van der Waals surface area (Å²) in [6.45, 7) is 4.64. The van der Waals surface area contributed by atoms with Crippen LogP contribution in [0, 0.1) is 6.92 Å². The summed E-state index contributed by atoms with van der Waals surface area (Å²) in [5.41, 5.74) is 0.145. The molecule has 3 N–H and O–H groups in total. The van der Waals surface area contributed by atoms with Gasteiger partial charge in [-0.15, -0.1) is 35.3 Å². The Kier molecular flexibility index (Phi) is 10.7. The van der Waals surface area contributed by atoms with E-state index in [9.17, 15) is 18.3 Å². The number of aliphatic imine (C=N–C) groups is 1. The number of aliphatic hydroxyl groups excluding tert-OH is 1. The van der Waals surface area contributed by atoms with Gasteiger partial charge in [-0.3, -0.25) is 0 Å². The Morgan fingerprint density at radius 2 is 2.10 bits per heavy atom. The van der Waals surface area contributed by atoms with Crippen molar-refractivity contribution in [3.63, 3.8) is 0 Å². The Hall–Kier alpha value is -1.60. The first-order valence-corrected chi connectivity index (χ1v) is 9.57. The van der Waals surface area contributed by atoms with Gasteiger partial charge >= 0.3 is 6.18 Å². The second-order valence-corrected chi connectivity index (χ2v) is 6.92. The molecule has 0 aliphatic heterocycles. The van der Waals surface area contributed by atoms with Crippen LogP contribution >= 0.6 is 35.3 Å². The molecule has 29 heavy (non-hydrogen) atoms. The predicted molar refractivity (Wildman–Crippen MR) is 118 cm³/mol. The molecule has 0 aliphatic carbocycles. The maximum atomic E-state index is 12.6.